The van der Waals surface area contributed by atoms with Crippen LogP contribution in [0.3, 0.4) is 0 Å². The van der Waals surface area contributed by atoms with Gasteiger partial charge in [-0.05, 0) is 48.5 Å². The third-order valence-corrected chi connectivity index (χ3v) is 7.60. The fourth-order valence-electron chi connectivity index (χ4n) is 2.98. The lowest BCUT2D eigenvalue weighted by atomic mass is 10.3. The minimum Gasteiger partial charge on any atom is -0.379 e. The van der Waals surface area contributed by atoms with E-state index in [0.29, 0.717) is 18.9 Å². The number of nitrogens with zero attached hydrogens (tertiary/aromatic N) is 2. The van der Waals surface area contributed by atoms with Gasteiger partial charge in [-0.3, -0.25) is 9.10 Å². The summed E-state index contributed by atoms with van der Waals surface area (Å²) in [6.45, 7) is 0.558. The summed E-state index contributed by atoms with van der Waals surface area (Å²) in [6, 6.07) is 10.3. The van der Waals surface area contributed by atoms with E-state index in [1.54, 1.807) is 0 Å². The maximum Gasteiger partial charge on any atom is 0.245 e. The topological polar surface area (TPSA) is 113 Å². The molecule has 9 nitrogen and oxygen atoms in total. The van der Waals surface area contributed by atoms with Crippen molar-refractivity contribution in [3.05, 3.63) is 54.3 Å². The van der Waals surface area contributed by atoms with Gasteiger partial charge in [0, 0.05) is 18.8 Å². The van der Waals surface area contributed by atoms with E-state index in [9.17, 15) is 26.0 Å². The zero-order valence-corrected chi connectivity index (χ0v) is 18.3. The summed E-state index contributed by atoms with van der Waals surface area (Å²) in [7, 11) is -7.58. The number of hydrogen-bond acceptors (Lipinski definition) is 6. The SMILES string of the molecule is CS(=O)(=O)N(CC(=O)Nc1ccc(F)cc1)c1ccc(S(=O)(=O)N2CCOCC2)cc1. The van der Waals surface area contributed by atoms with E-state index in [-0.39, 0.29) is 23.7 Å². The van der Waals surface area contributed by atoms with Crippen LogP contribution in [0, 0.1) is 5.82 Å². The van der Waals surface area contributed by atoms with Crippen LogP contribution >= 0.6 is 0 Å². The average molecular weight is 472 g/mol. The summed E-state index contributed by atoms with van der Waals surface area (Å²) in [5.41, 5.74) is 0.449. The van der Waals surface area contributed by atoms with Crippen molar-refractivity contribution in [2.75, 3.05) is 48.7 Å². The Morgan fingerprint density at radius 2 is 1.61 bits per heavy atom. The molecule has 1 aliphatic rings. The van der Waals surface area contributed by atoms with Crippen molar-refractivity contribution >= 4 is 37.3 Å². The van der Waals surface area contributed by atoms with E-state index in [1.165, 1.54) is 40.7 Å². The molecule has 1 fully saturated rings. The number of hydrogen-bond donors (Lipinski definition) is 1. The van der Waals surface area contributed by atoms with E-state index >= 15 is 0 Å². The van der Waals surface area contributed by atoms with Crippen LogP contribution in [0.2, 0.25) is 0 Å². The number of ether oxygens (including phenoxy) is 1. The van der Waals surface area contributed by atoms with Crippen molar-refractivity contribution in [1.29, 1.82) is 0 Å². The third-order valence-electron chi connectivity index (χ3n) is 4.55. The molecule has 3 rings (SSSR count). The van der Waals surface area contributed by atoms with Gasteiger partial charge in [0.15, 0.2) is 0 Å². The minimum absolute atomic E-state index is 0.0161. The van der Waals surface area contributed by atoms with Gasteiger partial charge in [-0.1, -0.05) is 0 Å². The maximum absolute atomic E-state index is 13.0. The van der Waals surface area contributed by atoms with Gasteiger partial charge in [0.1, 0.15) is 12.4 Å². The first-order valence-corrected chi connectivity index (χ1v) is 12.6. The van der Waals surface area contributed by atoms with Gasteiger partial charge in [0.05, 0.1) is 30.1 Å². The fourth-order valence-corrected chi connectivity index (χ4v) is 5.25. The fraction of sp³-hybridized carbons (Fsp3) is 0.316. The Hall–Kier alpha value is -2.54. The van der Waals surface area contributed by atoms with Crippen molar-refractivity contribution in [3.63, 3.8) is 0 Å². The van der Waals surface area contributed by atoms with Gasteiger partial charge in [-0.2, -0.15) is 4.31 Å². The lowest BCUT2D eigenvalue weighted by Gasteiger charge is -2.26. The molecule has 0 aliphatic carbocycles. The molecule has 0 atom stereocenters. The molecule has 0 saturated carbocycles. The molecule has 0 bridgehead atoms. The highest BCUT2D eigenvalue weighted by atomic mass is 32.2. The second-order valence-electron chi connectivity index (χ2n) is 6.84. The smallest absolute Gasteiger partial charge is 0.245 e. The number of halogens is 1. The summed E-state index contributed by atoms with van der Waals surface area (Å²) in [6.07, 6.45) is 0.941. The molecular formula is C19H22FN3O6S2. The zero-order chi connectivity index (χ0) is 22.6. The molecule has 2 aromatic rings. The minimum atomic E-state index is -3.84. The quantitative estimate of drug-likeness (QED) is 0.650. The number of benzene rings is 2. The highest BCUT2D eigenvalue weighted by Gasteiger charge is 2.27. The number of carbonyl (C=O) groups excluding carboxylic acids is 1. The monoisotopic (exact) mass is 471 g/mol. The molecule has 0 spiro atoms. The number of sulfonamides is 2. The molecule has 168 valence electrons. The zero-order valence-electron chi connectivity index (χ0n) is 16.7. The normalized spacial score (nSPS) is 15.4. The standard InChI is InChI=1S/C19H22FN3O6S2/c1-30(25,26)23(14-19(24)21-16-4-2-15(20)3-5-16)17-6-8-18(9-7-17)31(27,28)22-10-12-29-13-11-22/h2-9H,10-14H2,1H3,(H,21,24). The highest BCUT2D eigenvalue weighted by molar-refractivity contribution is 7.92. The molecule has 12 heteroatoms. The van der Waals surface area contributed by atoms with Gasteiger partial charge >= 0.3 is 0 Å². The average Bonchev–Trinajstić information content (AvgIpc) is 2.74. The Labute approximate surface area is 180 Å². The summed E-state index contributed by atoms with van der Waals surface area (Å²) >= 11 is 0. The first kappa shape index (κ1) is 23.1. The number of rotatable bonds is 7. The van der Waals surface area contributed by atoms with Crippen molar-refractivity contribution in [3.8, 4) is 0 Å². The van der Waals surface area contributed by atoms with E-state index in [0.717, 1.165) is 22.7 Å². The summed E-state index contributed by atoms with van der Waals surface area (Å²) in [5, 5.41) is 2.49. The number of amides is 1. The van der Waals surface area contributed by atoms with Crippen LogP contribution in [0.4, 0.5) is 15.8 Å². The van der Waals surface area contributed by atoms with E-state index in [1.807, 2.05) is 0 Å². The first-order valence-electron chi connectivity index (χ1n) is 9.28. The van der Waals surface area contributed by atoms with Crippen LogP contribution in [-0.4, -0.2) is 66.2 Å². The molecule has 0 aromatic heterocycles. The molecule has 1 aliphatic heterocycles. The van der Waals surface area contributed by atoms with Crippen LogP contribution < -0.4 is 9.62 Å². The second kappa shape index (κ2) is 9.30. The van der Waals surface area contributed by atoms with Gasteiger partial charge < -0.3 is 10.1 Å². The third kappa shape index (κ3) is 5.79. The number of anilines is 2. The van der Waals surface area contributed by atoms with Crippen molar-refractivity contribution in [2.24, 2.45) is 0 Å². The Kier molecular flexibility index (Phi) is 6.94. The Morgan fingerprint density at radius 1 is 1.03 bits per heavy atom. The molecule has 2 aromatic carbocycles. The summed E-state index contributed by atoms with van der Waals surface area (Å²) in [5.74, 6) is -1.11. The lowest BCUT2D eigenvalue weighted by Crippen LogP contribution is -2.40. The summed E-state index contributed by atoms with van der Waals surface area (Å²) < 4.78 is 70.3. The van der Waals surface area contributed by atoms with E-state index < -0.39 is 38.3 Å². The van der Waals surface area contributed by atoms with Crippen LogP contribution in [0.15, 0.2) is 53.4 Å². The molecule has 1 amide bonds. The number of nitrogens with one attached hydrogen (secondary N) is 1. The van der Waals surface area contributed by atoms with Crippen LogP contribution in [0.5, 0.6) is 0 Å². The van der Waals surface area contributed by atoms with Crippen LogP contribution in [0.1, 0.15) is 0 Å². The predicted octanol–water partition coefficient (Wildman–Crippen LogP) is 1.25. The van der Waals surface area contributed by atoms with Crippen LogP contribution in [-0.2, 0) is 29.6 Å². The number of morpholine rings is 1. The van der Waals surface area contributed by atoms with Gasteiger partial charge in [-0.25, -0.2) is 21.2 Å². The maximum atomic E-state index is 13.0. The largest absolute Gasteiger partial charge is 0.379 e. The first-order chi connectivity index (χ1) is 14.6. The highest BCUT2D eigenvalue weighted by Crippen LogP contribution is 2.23. The van der Waals surface area contributed by atoms with Crippen molar-refractivity contribution < 1.29 is 30.8 Å². The Bertz CT molecular complexity index is 1130. The van der Waals surface area contributed by atoms with Gasteiger partial charge in [-0.15, -0.1) is 0 Å². The second-order valence-corrected chi connectivity index (χ2v) is 10.7. The van der Waals surface area contributed by atoms with E-state index in [4.69, 9.17) is 4.74 Å². The van der Waals surface area contributed by atoms with Gasteiger partial charge in [0.25, 0.3) is 0 Å². The van der Waals surface area contributed by atoms with E-state index in [2.05, 4.69) is 5.32 Å². The summed E-state index contributed by atoms with van der Waals surface area (Å²) in [4.78, 5) is 12.4. The molecule has 1 N–H and O–H groups in total. The molecule has 1 saturated heterocycles. The van der Waals surface area contributed by atoms with Crippen molar-refractivity contribution in [1.82, 2.24) is 4.31 Å². The molecule has 0 unspecified atom stereocenters. The predicted molar refractivity (Wildman–Crippen MR) is 113 cm³/mol. The van der Waals surface area contributed by atoms with Crippen molar-refractivity contribution in [2.45, 2.75) is 4.90 Å². The van der Waals surface area contributed by atoms with Gasteiger partial charge in [0.2, 0.25) is 26.0 Å². The molecule has 1 heterocycles. The lowest BCUT2D eigenvalue weighted by molar-refractivity contribution is -0.114. The Balaban J connectivity index is 1.78. The number of carbonyl (C=O) groups is 1. The van der Waals surface area contributed by atoms with Crippen LogP contribution in [0.25, 0.3) is 0 Å². The Morgan fingerprint density at radius 3 is 2.16 bits per heavy atom. The molecule has 0 radical (unpaired) electrons. The molecule has 31 heavy (non-hydrogen) atoms. The molecular weight excluding hydrogens is 449 g/mol.